The van der Waals surface area contributed by atoms with E-state index in [1.165, 1.54) is 0 Å². The number of rotatable bonds is 6. The molecule has 0 atom stereocenters. The minimum absolute atomic E-state index is 0.176. The lowest BCUT2D eigenvalue weighted by Crippen LogP contribution is -2.16. The number of nitrogens with zero attached hydrogens (tertiary/aromatic N) is 2. The van der Waals surface area contributed by atoms with Crippen LogP contribution < -0.4 is 5.73 Å². The SMILES string of the molecule is Cc1c(C(N)=O)c(-c2cccc(O)c2)c(C)n1CCCN(C)C. The molecule has 0 aliphatic carbocycles. The summed E-state index contributed by atoms with van der Waals surface area (Å²) >= 11 is 0. The number of amides is 1. The maximum Gasteiger partial charge on any atom is 0.251 e. The maximum absolute atomic E-state index is 12.0. The molecule has 124 valence electrons. The molecule has 1 amide bonds. The van der Waals surface area contributed by atoms with Crippen molar-refractivity contribution in [3.05, 3.63) is 41.2 Å². The average Bonchev–Trinajstić information content (AvgIpc) is 2.71. The van der Waals surface area contributed by atoms with Crippen LogP contribution in [0.15, 0.2) is 24.3 Å². The standard InChI is InChI=1S/C18H25N3O2/c1-12-16(14-7-5-8-15(22)11-14)17(18(19)23)13(2)21(12)10-6-9-20(3)4/h5,7-8,11,22H,6,9-10H2,1-4H3,(H2,19,23). The Morgan fingerprint density at radius 1 is 1.26 bits per heavy atom. The van der Waals surface area contributed by atoms with Gasteiger partial charge in [0, 0.05) is 23.5 Å². The second kappa shape index (κ2) is 6.87. The summed E-state index contributed by atoms with van der Waals surface area (Å²) in [5.74, 6) is -0.259. The van der Waals surface area contributed by atoms with Crippen molar-refractivity contribution in [1.29, 1.82) is 0 Å². The van der Waals surface area contributed by atoms with Crippen molar-refractivity contribution in [1.82, 2.24) is 9.47 Å². The molecule has 0 fully saturated rings. The van der Waals surface area contributed by atoms with Gasteiger partial charge >= 0.3 is 0 Å². The smallest absolute Gasteiger partial charge is 0.251 e. The summed E-state index contributed by atoms with van der Waals surface area (Å²) < 4.78 is 2.14. The molecule has 0 aliphatic heterocycles. The summed E-state index contributed by atoms with van der Waals surface area (Å²) in [5, 5.41) is 9.74. The van der Waals surface area contributed by atoms with E-state index in [9.17, 15) is 9.90 Å². The van der Waals surface area contributed by atoms with Crippen molar-refractivity contribution in [3.63, 3.8) is 0 Å². The molecule has 0 aliphatic rings. The number of hydrogen-bond donors (Lipinski definition) is 2. The molecule has 2 rings (SSSR count). The first-order valence-corrected chi connectivity index (χ1v) is 7.76. The van der Waals surface area contributed by atoms with Gasteiger partial charge in [-0.05, 0) is 58.6 Å². The lowest BCUT2D eigenvalue weighted by Gasteiger charge is -2.13. The Kier molecular flexibility index (Phi) is 5.11. The van der Waals surface area contributed by atoms with Gasteiger partial charge in [-0.2, -0.15) is 0 Å². The molecule has 0 saturated carbocycles. The quantitative estimate of drug-likeness (QED) is 0.860. The molecule has 0 unspecified atom stereocenters. The van der Waals surface area contributed by atoms with Crippen molar-refractivity contribution >= 4 is 5.91 Å². The highest BCUT2D eigenvalue weighted by molar-refractivity contribution is 6.02. The molecule has 0 radical (unpaired) electrons. The lowest BCUT2D eigenvalue weighted by molar-refractivity contribution is 0.1000. The van der Waals surface area contributed by atoms with E-state index in [1.54, 1.807) is 18.2 Å². The largest absolute Gasteiger partial charge is 0.508 e. The zero-order valence-corrected chi connectivity index (χ0v) is 14.3. The molecule has 3 N–H and O–H groups in total. The lowest BCUT2D eigenvalue weighted by atomic mass is 10.00. The topological polar surface area (TPSA) is 71.5 Å². The van der Waals surface area contributed by atoms with Crippen molar-refractivity contribution < 1.29 is 9.90 Å². The molecule has 5 heteroatoms. The number of primary amides is 1. The van der Waals surface area contributed by atoms with Crippen molar-refractivity contribution in [2.45, 2.75) is 26.8 Å². The molecule has 23 heavy (non-hydrogen) atoms. The zero-order chi connectivity index (χ0) is 17.1. The van der Waals surface area contributed by atoms with Gasteiger partial charge in [-0.3, -0.25) is 4.79 Å². The highest BCUT2D eigenvalue weighted by Crippen LogP contribution is 2.33. The molecule has 5 nitrogen and oxygen atoms in total. The monoisotopic (exact) mass is 315 g/mol. The molecule has 0 saturated heterocycles. The first-order valence-electron chi connectivity index (χ1n) is 7.76. The summed E-state index contributed by atoms with van der Waals surface area (Å²) in [4.78, 5) is 14.1. The average molecular weight is 315 g/mol. The van der Waals surface area contributed by atoms with E-state index in [0.29, 0.717) is 5.56 Å². The van der Waals surface area contributed by atoms with Gasteiger partial charge in [0.15, 0.2) is 0 Å². The molecule has 1 aromatic carbocycles. The second-order valence-electron chi connectivity index (χ2n) is 6.14. The van der Waals surface area contributed by atoms with Gasteiger partial charge in [0.2, 0.25) is 0 Å². The van der Waals surface area contributed by atoms with Crippen LogP contribution in [0.4, 0.5) is 0 Å². The predicted molar refractivity (Wildman–Crippen MR) is 92.7 cm³/mol. The minimum Gasteiger partial charge on any atom is -0.508 e. The Bertz CT molecular complexity index is 717. The van der Waals surface area contributed by atoms with E-state index >= 15 is 0 Å². The first-order chi connectivity index (χ1) is 10.8. The number of hydrogen-bond acceptors (Lipinski definition) is 3. The van der Waals surface area contributed by atoms with Crippen LogP contribution in [0, 0.1) is 13.8 Å². The number of phenols is 1. The van der Waals surface area contributed by atoms with Crippen LogP contribution in [0.2, 0.25) is 0 Å². The fourth-order valence-corrected chi connectivity index (χ4v) is 3.08. The van der Waals surface area contributed by atoms with Crippen LogP contribution >= 0.6 is 0 Å². The van der Waals surface area contributed by atoms with E-state index < -0.39 is 5.91 Å². The summed E-state index contributed by atoms with van der Waals surface area (Å²) in [6, 6.07) is 6.94. The summed E-state index contributed by atoms with van der Waals surface area (Å²) in [7, 11) is 4.09. The normalized spacial score (nSPS) is 11.2. The predicted octanol–water partition coefficient (Wildman–Crippen LogP) is 2.53. The number of nitrogens with two attached hydrogens (primary N) is 1. The molecular weight excluding hydrogens is 290 g/mol. The Morgan fingerprint density at radius 3 is 2.52 bits per heavy atom. The maximum atomic E-state index is 12.0. The molecule has 0 spiro atoms. The van der Waals surface area contributed by atoms with Gasteiger partial charge in [-0.25, -0.2) is 0 Å². The Balaban J connectivity index is 2.51. The van der Waals surface area contributed by atoms with Gasteiger partial charge in [-0.1, -0.05) is 12.1 Å². The summed E-state index contributed by atoms with van der Waals surface area (Å²) in [5.41, 5.74) is 9.68. The van der Waals surface area contributed by atoms with Crippen LogP contribution in [0.3, 0.4) is 0 Å². The zero-order valence-electron chi connectivity index (χ0n) is 14.3. The summed E-state index contributed by atoms with van der Waals surface area (Å²) in [6.45, 7) is 5.73. The fraction of sp³-hybridized carbons (Fsp3) is 0.389. The third-order valence-corrected chi connectivity index (χ3v) is 4.15. The first kappa shape index (κ1) is 17.1. The molecule has 1 heterocycles. The number of aromatic hydroxyl groups is 1. The van der Waals surface area contributed by atoms with E-state index in [0.717, 1.165) is 42.0 Å². The minimum atomic E-state index is -0.435. The second-order valence-corrected chi connectivity index (χ2v) is 6.14. The number of carbonyl (C=O) groups excluding carboxylic acids is 1. The third kappa shape index (κ3) is 3.56. The molecular formula is C18H25N3O2. The van der Waals surface area contributed by atoms with E-state index in [1.807, 2.05) is 34.0 Å². The van der Waals surface area contributed by atoms with Gasteiger partial charge < -0.3 is 20.3 Å². The number of carbonyl (C=O) groups is 1. The highest BCUT2D eigenvalue weighted by Gasteiger charge is 2.22. The van der Waals surface area contributed by atoms with Crippen molar-refractivity contribution in [2.75, 3.05) is 20.6 Å². The van der Waals surface area contributed by atoms with Crippen molar-refractivity contribution in [2.24, 2.45) is 5.73 Å². The van der Waals surface area contributed by atoms with Crippen molar-refractivity contribution in [3.8, 4) is 16.9 Å². The number of aromatic nitrogens is 1. The third-order valence-electron chi connectivity index (χ3n) is 4.15. The van der Waals surface area contributed by atoms with Crippen LogP contribution in [-0.4, -0.2) is 41.1 Å². The van der Waals surface area contributed by atoms with Crippen LogP contribution in [-0.2, 0) is 6.54 Å². The number of phenolic OH excluding ortho intramolecular Hbond substituents is 1. The highest BCUT2D eigenvalue weighted by atomic mass is 16.3. The van der Waals surface area contributed by atoms with E-state index in [-0.39, 0.29) is 5.75 Å². The van der Waals surface area contributed by atoms with E-state index in [2.05, 4.69) is 9.47 Å². The number of benzene rings is 1. The van der Waals surface area contributed by atoms with E-state index in [4.69, 9.17) is 5.73 Å². The van der Waals surface area contributed by atoms with Gasteiger partial charge in [0.05, 0.1) is 5.56 Å². The van der Waals surface area contributed by atoms with Crippen LogP contribution in [0.25, 0.3) is 11.1 Å². The van der Waals surface area contributed by atoms with Crippen LogP contribution in [0.5, 0.6) is 5.75 Å². The van der Waals surface area contributed by atoms with Gasteiger partial charge in [-0.15, -0.1) is 0 Å². The van der Waals surface area contributed by atoms with Crippen LogP contribution in [0.1, 0.15) is 28.2 Å². The molecule has 1 aromatic heterocycles. The van der Waals surface area contributed by atoms with Gasteiger partial charge in [0.25, 0.3) is 5.91 Å². The Labute approximate surface area is 137 Å². The molecule has 0 bridgehead atoms. The summed E-state index contributed by atoms with van der Waals surface area (Å²) in [6.07, 6.45) is 0.987. The Morgan fingerprint density at radius 2 is 1.96 bits per heavy atom. The molecule has 2 aromatic rings. The Hall–Kier alpha value is -2.27. The van der Waals surface area contributed by atoms with Gasteiger partial charge in [0.1, 0.15) is 5.75 Å². The fourth-order valence-electron chi connectivity index (χ4n) is 3.08.